The lowest BCUT2D eigenvalue weighted by Crippen LogP contribution is -2.50. The number of nitrogens with one attached hydrogen (secondary N) is 1. The fourth-order valence-electron chi connectivity index (χ4n) is 1.78. The van der Waals surface area contributed by atoms with Gasteiger partial charge in [-0.3, -0.25) is 4.68 Å². The lowest BCUT2D eigenvalue weighted by Gasteiger charge is -2.29. The van der Waals surface area contributed by atoms with Crippen molar-refractivity contribution < 1.29 is 5.11 Å². The van der Waals surface area contributed by atoms with E-state index in [2.05, 4.69) is 10.4 Å². The largest absolute Gasteiger partial charge is 0.394 e. The molecule has 1 aliphatic rings. The maximum Gasteiger partial charge on any atom is 0.0814 e. The van der Waals surface area contributed by atoms with E-state index in [1.807, 2.05) is 18.5 Å². The minimum absolute atomic E-state index is 0.0976. The van der Waals surface area contributed by atoms with Crippen LogP contribution in [0.25, 0.3) is 0 Å². The first kappa shape index (κ1) is 11.9. The Hall–Kier alpha value is -0.580. The van der Waals surface area contributed by atoms with Crippen molar-refractivity contribution in [3.8, 4) is 0 Å². The number of hydrogen-bond donors (Lipinski definition) is 2. The van der Waals surface area contributed by atoms with Crippen LogP contribution in [0.2, 0.25) is 5.02 Å². The SMILES string of the molecule is Cc1c(Cl)cnn1CC(C)(CO)NC1CC1. The predicted octanol–water partition coefficient (Wildman–Crippen LogP) is 1.35. The lowest BCUT2D eigenvalue weighted by atomic mass is 10.0. The van der Waals surface area contributed by atoms with E-state index in [9.17, 15) is 5.11 Å². The van der Waals surface area contributed by atoms with Crippen LogP contribution < -0.4 is 5.32 Å². The molecule has 0 bridgehead atoms. The first-order valence-corrected chi connectivity index (χ1v) is 5.98. The summed E-state index contributed by atoms with van der Waals surface area (Å²) in [6.07, 6.45) is 4.05. The standard InChI is InChI=1S/C11H18ClN3O/c1-8-10(12)5-13-15(8)6-11(2,7-16)14-9-3-4-9/h5,9,14,16H,3-4,6-7H2,1-2H3. The van der Waals surface area contributed by atoms with Gasteiger partial charge in [0.2, 0.25) is 0 Å². The molecule has 16 heavy (non-hydrogen) atoms. The maximum absolute atomic E-state index is 9.48. The summed E-state index contributed by atoms with van der Waals surface area (Å²) < 4.78 is 1.84. The maximum atomic E-state index is 9.48. The number of nitrogens with zero attached hydrogens (tertiary/aromatic N) is 2. The average molecular weight is 244 g/mol. The fourth-order valence-corrected chi connectivity index (χ4v) is 1.92. The van der Waals surface area contributed by atoms with Crippen molar-refractivity contribution in [2.45, 2.75) is 44.8 Å². The fraction of sp³-hybridized carbons (Fsp3) is 0.727. The van der Waals surface area contributed by atoms with Crippen LogP contribution in [0, 0.1) is 6.92 Å². The predicted molar refractivity (Wildman–Crippen MR) is 63.6 cm³/mol. The van der Waals surface area contributed by atoms with Gasteiger partial charge in [0.25, 0.3) is 0 Å². The van der Waals surface area contributed by atoms with Gasteiger partial charge in [0.05, 0.1) is 35.6 Å². The van der Waals surface area contributed by atoms with E-state index in [1.165, 1.54) is 12.8 Å². The summed E-state index contributed by atoms with van der Waals surface area (Å²) in [5.41, 5.74) is 0.625. The molecule has 0 aromatic carbocycles. The molecule has 1 saturated carbocycles. The molecule has 5 heteroatoms. The highest BCUT2D eigenvalue weighted by molar-refractivity contribution is 6.31. The summed E-state index contributed by atoms with van der Waals surface area (Å²) in [4.78, 5) is 0. The number of hydrogen-bond acceptors (Lipinski definition) is 3. The normalized spacial score (nSPS) is 19.8. The van der Waals surface area contributed by atoms with Crippen LogP contribution in [0.15, 0.2) is 6.20 Å². The molecule has 1 atom stereocenters. The minimum atomic E-state index is -0.318. The molecule has 0 radical (unpaired) electrons. The molecule has 1 aromatic heterocycles. The molecule has 1 aliphatic carbocycles. The topological polar surface area (TPSA) is 50.1 Å². The molecule has 1 unspecified atom stereocenters. The van der Waals surface area contributed by atoms with Crippen LogP contribution in [-0.2, 0) is 6.54 Å². The molecule has 4 nitrogen and oxygen atoms in total. The molecule has 1 fully saturated rings. The van der Waals surface area contributed by atoms with Crippen molar-refractivity contribution in [1.82, 2.24) is 15.1 Å². The second-order valence-corrected chi connectivity index (χ2v) is 5.28. The summed E-state index contributed by atoms with van der Waals surface area (Å²) in [7, 11) is 0. The van der Waals surface area contributed by atoms with Crippen molar-refractivity contribution in [2.75, 3.05) is 6.61 Å². The van der Waals surface area contributed by atoms with Gasteiger partial charge in [-0.1, -0.05) is 11.6 Å². The van der Waals surface area contributed by atoms with Crippen LogP contribution in [0.4, 0.5) is 0 Å². The Morgan fingerprint density at radius 1 is 1.69 bits per heavy atom. The van der Waals surface area contributed by atoms with E-state index in [0.29, 0.717) is 17.6 Å². The summed E-state index contributed by atoms with van der Waals surface area (Å²) in [5, 5.41) is 17.8. The number of halogens is 1. The van der Waals surface area contributed by atoms with Gasteiger partial charge in [0, 0.05) is 6.04 Å². The Morgan fingerprint density at radius 2 is 2.38 bits per heavy atom. The zero-order chi connectivity index (χ0) is 11.8. The van der Waals surface area contributed by atoms with E-state index in [0.717, 1.165) is 5.69 Å². The van der Waals surface area contributed by atoms with Crippen LogP contribution >= 0.6 is 11.6 Å². The zero-order valence-corrected chi connectivity index (χ0v) is 10.5. The molecule has 2 N–H and O–H groups in total. The number of rotatable bonds is 5. The van der Waals surface area contributed by atoms with Crippen molar-refractivity contribution in [2.24, 2.45) is 0 Å². The van der Waals surface area contributed by atoms with Gasteiger partial charge in [0.1, 0.15) is 0 Å². The van der Waals surface area contributed by atoms with Crippen molar-refractivity contribution >= 4 is 11.6 Å². The molecule has 0 amide bonds. The Morgan fingerprint density at radius 3 is 2.81 bits per heavy atom. The first-order valence-electron chi connectivity index (χ1n) is 5.60. The van der Waals surface area contributed by atoms with E-state index in [1.54, 1.807) is 6.20 Å². The van der Waals surface area contributed by atoms with Crippen LogP contribution in [-0.4, -0.2) is 33.1 Å². The van der Waals surface area contributed by atoms with Crippen molar-refractivity contribution in [1.29, 1.82) is 0 Å². The molecule has 0 aliphatic heterocycles. The third kappa shape index (κ3) is 2.56. The van der Waals surface area contributed by atoms with Gasteiger partial charge in [-0.15, -0.1) is 0 Å². The second-order valence-electron chi connectivity index (χ2n) is 4.87. The van der Waals surface area contributed by atoms with E-state index < -0.39 is 0 Å². The quantitative estimate of drug-likeness (QED) is 0.821. The van der Waals surface area contributed by atoms with Crippen LogP contribution in [0.3, 0.4) is 0 Å². The average Bonchev–Trinajstić information content (AvgIpc) is 3.01. The van der Waals surface area contributed by atoms with Gasteiger partial charge in [-0.05, 0) is 26.7 Å². The highest BCUT2D eigenvalue weighted by Gasteiger charge is 2.32. The van der Waals surface area contributed by atoms with Gasteiger partial charge in [-0.2, -0.15) is 5.10 Å². The van der Waals surface area contributed by atoms with E-state index in [4.69, 9.17) is 11.6 Å². The lowest BCUT2D eigenvalue weighted by molar-refractivity contribution is 0.150. The minimum Gasteiger partial charge on any atom is -0.394 e. The molecule has 0 saturated heterocycles. The zero-order valence-electron chi connectivity index (χ0n) is 9.70. The second kappa shape index (κ2) is 4.35. The van der Waals surface area contributed by atoms with E-state index >= 15 is 0 Å². The monoisotopic (exact) mass is 243 g/mol. The third-order valence-electron chi connectivity index (χ3n) is 3.02. The van der Waals surface area contributed by atoms with Crippen LogP contribution in [0.1, 0.15) is 25.5 Å². The summed E-state index contributed by atoms with van der Waals surface area (Å²) in [6.45, 7) is 4.68. The number of aromatic nitrogens is 2. The highest BCUT2D eigenvalue weighted by atomic mass is 35.5. The molecule has 1 heterocycles. The number of aliphatic hydroxyl groups excluding tert-OH is 1. The summed E-state index contributed by atoms with van der Waals surface area (Å²) >= 11 is 5.95. The van der Waals surface area contributed by atoms with Gasteiger partial charge in [0.15, 0.2) is 0 Å². The number of aliphatic hydroxyl groups is 1. The van der Waals surface area contributed by atoms with Gasteiger partial charge in [-0.25, -0.2) is 0 Å². The molecule has 1 aromatic rings. The Balaban J connectivity index is 2.07. The molecule has 90 valence electrons. The molecule has 0 spiro atoms. The van der Waals surface area contributed by atoms with Gasteiger partial charge < -0.3 is 10.4 Å². The van der Waals surface area contributed by atoms with Crippen molar-refractivity contribution in [3.05, 3.63) is 16.9 Å². The van der Waals surface area contributed by atoms with E-state index in [-0.39, 0.29) is 12.1 Å². The Bertz CT molecular complexity index is 375. The Kier molecular flexibility index (Phi) is 3.24. The smallest absolute Gasteiger partial charge is 0.0814 e. The molecule has 2 rings (SSSR count). The summed E-state index contributed by atoms with van der Waals surface area (Å²) in [5.74, 6) is 0. The highest BCUT2D eigenvalue weighted by Crippen LogP contribution is 2.24. The third-order valence-corrected chi connectivity index (χ3v) is 3.39. The molecular weight excluding hydrogens is 226 g/mol. The molecular formula is C11H18ClN3O. The Labute approximate surface area is 101 Å². The first-order chi connectivity index (χ1) is 7.54. The van der Waals surface area contributed by atoms with Gasteiger partial charge >= 0.3 is 0 Å². The summed E-state index contributed by atoms with van der Waals surface area (Å²) in [6, 6.07) is 0.559. The van der Waals surface area contributed by atoms with Crippen LogP contribution in [0.5, 0.6) is 0 Å². The van der Waals surface area contributed by atoms with Crippen molar-refractivity contribution in [3.63, 3.8) is 0 Å².